The lowest BCUT2D eigenvalue weighted by atomic mass is 10.1. The lowest BCUT2D eigenvalue weighted by Crippen LogP contribution is -2.17. The highest BCUT2D eigenvalue weighted by molar-refractivity contribution is 5.75. The fourth-order valence-electron chi connectivity index (χ4n) is 1.15. The molecule has 0 aromatic rings. The van der Waals surface area contributed by atoms with Crippen LogP contribution in [0.4, 0.5) is 0 Å². The molecule has 84 valence electrons. The van der Waals surface area contributed by atoms with Gasteiger partial charge in [-0.15, -0.1) is 0 Å². The average Bonchev–Trinajstić information content (AvgIpc) is 2.25. The quantitative estimate of drug-likeness (QED) is 0.666. The van der Waals surface area contributed by atoms with E-state index in [0.29, 0.717) is 6.42 Å². The van der Waals surface area contributed by atoms with Gasteiger partial charge < -0.3 is 5.32 Å². The van der Waals surface area contributed by atoms with E-state index < -0.39 is 0 Å². The second-order valence-corrected chi connectivity index (χ2v) is 3.25. The summed E-state index contributed by atoms with van der Waals surface area (Å²) in [6.45, 7) is 4.08. The van der Waals surface area contributed by atoms with Crippen molar-refractivity contribution in [2.75, 3.05) is 7.05 Å². The van der Waals surface area contributed by atoms with Gasteiger partial charge in [-0.2, -0.15) is 0 Å². The second kappa shape index (κ2) is 9.25. The molecule has 1 N–H and O–H groups in total. The van der Waals surface area contributed by atoms with E-state index in [0.717, 1.165) is 12.8 Å². The average molecular weight is 207 g/mol. The van der Waals surface area contributed by atoms with Crippen LogP contribution in [-0.4, -0.2) is 13.0 Å². The number of amides is 1. The number of nitrogens with one attached hydrogen (secondary N) is 1. The lowest BCUT2D eigenvalue weighted by molar-refractivity contribution is -0.120. The van der Waals surface area contributed by atoms with Crippen molar-refractivity contribution in [3.8, 4) is 0 Å². The van der Waals surface area contributed by atoms with Gasteiger partial charge in [-0.3, -0.25) is 4.79 Å². The van der Waals surface area contributed by atoms with Crippen molar-refractivity contribution in [3.05, 3.63) is 36.0 Å². The number of carbonyl (C=O) groups excluding carboxylic acids is 1. The summed E-state index contributed by atoms with van der Waals surface area (Å²) in [4.78, 5) is 11.1. The van der Waals surface area contributed by atoms with Crippen LogP contribution in [-0.2, 0) is 4.79 Å². The summed E-state index contributed by atoms with van der Waals surface area (Å²) >= 11 is 0. The molecule has 0 fully saturated rings. The Bertz CT molecular complexity index is 262. The van der Waals surface area contributed by atoms with Crippen molar-refractivity contribution in [2.45, 2.75) is 33.1 Å². The molecule has 0 atom stereocenters. The molecule has 15 heavy (non-hydrogen) atoms. The zero-order valence-corrected chi connectivity index (χ0v) is 9.92. The molecule has 0 rings (SSSR count). The number of hydrogen-bond donors (Lipinski definition) is 1. The van der Waals surface area contributed by atoms with Gasteiger partial charge in [0, 0.05) is 13.5 Å². The summed E-state index contributed by atoms with van der Waals surface area (Å²) in [6.07, 6.45) is 12.6. The number of hydrogen-bond acceptors (Lipinski definition) is 1. The van der Waals surface area contributed by atoms with Gasteiger partial charge in [-0.25, -0.2) is 0 Å². The normalized spacial score (nSPS) is 12.6. The molecule has 0 aliphatic rings. The smallest absolute Gasteiger partial charge is 0.220 e. The molecule has 0 unspecified atom stereocenters. The lowest BCUT2D eigenvalue weighted by Gasteiger charge is -2.00. The zero-order chi connectivity index (χ0) is 11.5. The third-order valence-corrected chi connectivity index (χ3v) is 1.98. The van der Waals surface area contributed by atoms with Crippen molar-refractivity contribution in [2.24, 2.45) is 0 Å². The van der Waals surface area contributed by atoms with Gasteiger partial charge in [-0.1, -0.05) is 37.3 Å². The molecule has 0 aliphatic carbocycles. The molecule has 0 saturated carbocycles. The van der Waals surface area contributed by atoms with Crippen LogP contribution >= 0.6 is 0 Å². The largest absolute Gasteiger partial charge is 0.359 e. The first-order valence-electron chi connectivity index (χ1n) is 5.43. The van der Waals surface area contributed by atoms with Gasteiger partial charge in [0.05, 0.1) is 0 Å². The van der Waals surface area contributed by atoms with Crippen LogP contribution in [0.25, 0.3) is 0 Å². The van der Waals surface area contributed by atoms with Gasteiger partial charge in [0.15, 0.2) is 0 Å². The Kier molecular flexibility index (Phi) is 8.44. The third-order valence-electron chi connectivity index (χ3n) is 1.98. The van der Waals surface area contributed by atoms with Crippen molar-refractivity contribution in [1.29, 1.82) is 0 Å². The molecule has 2 heteroatoms. The van der Waals surface area contributed by atoms with Crippen molar-refractivity contribution >= 4 is 5.91 Å². The summed E-state index contributed by atoms with van der Waals surface area (Å²) in [6, 6.07) is 0. The van der Waals surface area contributed by atoms with Crippen molar-refractivity contribution < 1.29 is 4.79 Å². The number of rotatable bonds is 6. The summed E-state index contributed by atoms with van der Waals surface area (Å²) in [5.41, 5.74) is 1.19. The fraction of sp³-hybridized carbons (Fsp3) is 0.462. The Morgan fingerprint density at radius 1 is 1.33 bits per heavy atom. The van der Waals surface area contributed by atoms with Gasteiger partial charge in [0.2, 0.25) is 5.91 Å². The van der Waals surface area contributed by atoms with E-state index in [4.69, 9.17) is 0 Å². The molecular weight excluding hydrogens is 186 g/mol. The van der Waals surface area contributed by atoms with E-state index in [2.05, 4.69) is 24.4 Å². The predicted octanol–water partition coefficient (Wildman–Crippen LogP) is 2.98. The van der Waals surface area contributed by atoms with Crippen molar-refractivity contribution in [3.63, 3.8) is 0 Å². The van der Waals surface area contributed by atoms with E-state index in [1.807, 2.05) is 25.2 Å². The van der Waals surface area contributed by atoms with Crippen LogP contribution in [0.2, 0.25) is 0 Å². The van der Waals surface area contributed by atoms with E-state index in [1.54, 1.807) is 7.05 Å². The Hall–Kier alpha value is -1.31. The number of allylic oxidation sites excluding steroid dienone is 6. The van der Waals surface area contributed by atoms with E-state index >= 15 is 0 Å². The first kappa shape index (κ1) is 13.7. The maximum absolute atomic E-state index is 11.1. The van der Waals surface area contributed by atoms with E-state index in [1.165, 1.54) is 5.57 Å². The van der Waals surface area contributed by atoms with Crippen LogP contribution in [0.5, 0.6) is 0 Å². The first-order chi connectivity index (χ1) is 7.24. The molecule has 1 amide bonds. The minimum Gasteiger partial charge on any atom is -0.359 e. The highest BCUT2D eigenvalue weighted by Crippen LogP contribution is 2.07. The second-order valence-electron chi connectivity index (χ2n) is 3.25. The molecule has 0 radical (unpaired) electrons. The molecule has 0 aromatic carbocycles. The Labute approximate surface area is 92.8 Å². The van der Waals surface area contributed by atoms with Crippen LogP contribution in [0.15, 0.2) is 36.0 Å². The fourth-order valence-corrected chi connectivity index (χ4v) is 1.15. The van der Waals surface area contributed by atoms with Crippen LogP contribution in [0.3, 0.4) is 0 Å². The number of carbonyl (C=O) groups is 1. The van der Waals surface area contributed by atoms with Gasteiger partial charge in [0.25, 0.3) is 0 Å². The minimum absolute atomic E-state index is 0.0878. The molecule has 0 saturated heterocycles. The monoisotopic (exact) mass is 207 g/mol. The Morgan fingerprint density at radius 2 is 2.07 bits per heavy atom. The summed E-state index contributed by atoms with van der Waals surface area (Å²) in [7, 11) is 1.67. The SMILES string of the molecule is CC=CC(=CC=CCC)CCC(=O)NC. The minimum atomic E-state index is 0.0878. The maximum atomic E-state index is 11.1. The summed E-state index contributed by atoms with van der Waals surface area (Å²) in [5, 5.41) is 2.62. The van der Waals surface area contributed by atoms with E-state index in [9.17, 15) is 4.79 Å². The molecule has 0 aliphatic heterocycles. The highest BCUT2D eigenvalue weighted by Gasteiger charge is 1.98. The third kappa shape index (κ3) is 7.74. The first-order valence-corrected chi connectivity index (χ1v) is 5.43. The van der Waals surface area contributed by atoms with Gasteiger partial charge >= 0.3 is 0 Å². The molecule has 0 spiro atoms. The van der Waals surface area contributed by atoms with Crippen LogP contribution in [0, 0.1) is 0 Å². The molecule has 0 bridgehead atoms. The zero-order valence-electron chi connectivity index (χ0n) is 9.92. The molecule has 2 nitrogen and oxygen atoms in total. The molecular formula is C13H21NO. The predicted molar refractivity (Wildman–Crippen MR) is 65.6 cm³/mol. The highest BCUT2D eigenvalue weighted by atomic mass is 16.1. The van der Waals surface area contributed by atoms with Crippen LogP contribution in [0.1, 0.15) is 33.1 Å². The topological polar surface area (TPSA) is 29.1 Å². The van der Waals surface area contributed by atoms with Crippen molar-refractivity contribution in [1.82, 2.24) is 5.32 Å². The Balaban J connectivity index is 4.21. The summed E-state index contributed by atoms with van der Waals surface area (Å²) in [5.74, 6) is 0.0878. The Morgan fingerprint density at radius 3 is 2.60 bits per heavy atom. The van der Waals surface area contributed by atoms with Gasteiger partial charge in [0.1, 0.15) is 0 Å². The van der Waals surface area contributed by atoms with Crippen LogP contribution < -0.4 is 5.32 Å². The van der Waals surface area contributed by atoms with E-state index in [-0.39, 0.29) is 5.91 Å². The summed E-state index contributed by atoms with van der Waals surface area (Å²) < 4.78 is 0. The maximum Gasteiger partial charge on any atom is 0.220 e. The molecule has 0 aromatic heterocycles. The standard InChI is InChI=1S/C13H21NO/c1-4-6-7-9-12(8-5-2)10-11-13(15)14-3/h5-9H,4,10-11H2,1-3H3,(H,14,15). The van der Waals surface area contributed by atoms with Gasteiger partial charge in [-0.05, 0) is 25.3 Å². The molecule has 0 heterocycles.